The van der Waals surface area contributed by atoms with Gasteiger partial charge < -0.3 is 0 Å². The summed E-state index contributed by atoms with van der Waals surface area (Å²) in [7, 11) is -4.72. The van der Waals surface area contributed by atoms with E-state index in [1.165, 1.54) is 6.08 Å². The molecule has 0 saturated heterocycles. The molecule has 1 atom stereocenters. The number of primary sulfonamides is 1. The molecule has 5 nitrogen and oxygen atoms in total. The van der Waals surface area contributed by atoms with E-state index in [4.69, 9.17) is 5.14 Å². The number of nitrogens with two attached hydrogens (primary N) is 1. The summed E-state index contributed by atoms with van der Waals surface area (Å²) in [5, 5.41) is 5.50. The van der Waals surface area contributed by atoms with Gasteiger partial charge in [0.25, 0.3) is 0 Å². The zero-order valence-corrected chi connectivity index (χ0v) is 19.3. The lowest BCUT2D eigenvalue weighted by Gasteiger charge is -2.31. The van der Waals surface area contributed by atoms with Crippen molar-refractivity contribution in [1.29, 1.82) is 0 Å². The summed E-state index contributed by atoms with van der Waals surface area (Å²) < 4.78 is 118. The van der Waals surface area contributed by atoms with E-state index in [2.05, 4.69) is 9.97 Å². The number of halogens is 7. The average molecular weight is 543 g/mol. The Kier molecular flexibility index (Phi) is 6.49. The second-order valence-electron chi connectivity index (χ2n) is 8.18. The Labute approximate surface area is 206 Å². The first-order valence-electron chi connectivity index (χ1n) is 10.4. The van der Waals surface area contributed by atoms with Crippen LogP contribution in [0.4, 0.5) is 30.7 Å². The third-order valence-electron chi connectivity index (χ3n) is 5.73. The summed E-state index contributed by atoms with van der Waals surface area (Å²) in [4.78, 5) is 7.40. The number of hydrogen-bond donors (Lipinski definition) is 1. The van der Waals surface area contributed by atoms with Crippen molar-refractivity contribution in [2.75, 3.05) is 0 Å². The molecule has 0 spiro atoms. The Morgan fingerprint density at radius 3 is 2.11 bits per heavy atom. The van der Waals surface area contributed by atoms with E-state index in [-0.39, 0.29) is 0 Å². The molecule has 0 radical (unpaired) electrons. The quantitative estimate of drug-likeness (QED) is 0.419. The van der Waals surface area contributed by atoms with Crippen LogP contribution in [0.3, 0.4) is 0 Å². The molecular formula is C24H16F7N3O2S. The molecule has 37 heavy (non-hydrogen) atoms. The minimum Gasteiger partial charge on any atom is -0.231 e. The third kappa shape index (κ3) is 5.14. The van der Waals surface area contributed by atoms with Crippen molar-refractivity contribution >= 4 is 15.6 Å². The highest BCUT2D eigenvalue weighted by Gasteiger charge is 2.47. The lowest BCUT2D eigenvalue weighted by Crippen LogP contribution is -2.42. The Morgan fingerprint density at radius 2 is 1.54 bits per heavy atom. The molecule has 3 aromatic rings. The standard InChI is InChI=1S/C24H16F7N3O2S/c25-18-11-15(8-9-17(18)23(26,27)28)19-12-20(24(29,30)31)34-21(33-19)22(37(32,35)36)10-4-7-16(13-22)14-5-2-1-3-6-14/h1-12H,13H2,(H2,32,35,36). The van der Waals surface area contributed by atoms with Gasteiger partial charge in [-0.1, -0.05) is 54.6 Å². The molecule has 1 unspecified atom stereocenters. The van der Waals surface area contributed by atoms with Crippen LogP contribution in [0.15, 0.2) is 72.8 Å². The molecule has 0 aliphatic heterocycles. The maximum atomic E-state index is 14.2. The highest BCUT2D eigenvalue weighted by atomic mass is 32.2. The minimum absolute atomic E-state index is 0.353. The predicted octanol–water partition coefficient (Wildman–Crippen LogP) is 5.85. The fourth-order valence-corrected chi connectivity index (χ4v) is 4.85. The molecule has 0 saturated carbocycles. The number of hydrogen-bond acceptors (Lipinski definition) is 4. The first-order chi connectivity index (χ1) is 17.1. The first kappa shape index (κ1) is 26.5. The smallest absolute Gasteiger partial charge is 0.231 e. The van der Waals surface area contributed by atoms with Gasteiger partial charge in [-0.25, -0.2) is 27.9 Å². The predicted molar refractivity (Wildman–Crippen MR) is 120 cm³/mol. The Bertz CT molecular complexity index is 1520. The highest BCUT2D eigenvalue weighted by Crippen LogP contribution is 2.43. The van der Waals surface area contributed by atoms with Crippen LogP contribution in [-0.2, 0) is 27.1 Å². The Morgan fingerprint density at radius 1 is 0.865 bits per heavy atom. The Hall–Kier alpha value is -3.58. The minimum atomic E-state index is -5.10. The second-order valence-corrected chi connectivity index (χ2v) is 10.00. The van der Waals surface area contributed by atoms with Crippen LogP contribution in [0.25, 0.3) is 16.8 Å². The van der Waals surface area contributed by atoms with Crippen molar-refractivity contribution in [2.45, 2.75) is 23.5 Å². The molecule has 0 bridgehead atoms. The molecule has 1 aliphatic carbocycles. The lowest BCUT2D eigenvalue weighted by molar-refractivity contribution is -0.141. The molecule has 0 fully saturated rings. The van der Waals surface area contributed by atoms with Crippen LogP contribution >= 0.6 is 0 Å². The van der Waals surface area contributed by atoms with E-state index in [9.17, 15) is 39.2 Å². The molecule has 1 heterocycles. The van der Waals surface area contributed by atoms with Crippen LogP contribution in [0, 0.1) is 5.82 Å². The number of aromatic nitrogens is 2. The van der Waals surface area contributed by atoms with Crippen LogP contribution in [-0.4, -0.2) is 18.4 Å². The fraction of sp³-hybridized carbons (Fsp3) is 0.167. The van der Waals surface area contributed by atoms with Gasteiger partial charge >= 0.3 is 12.4 Å². The van der Waals surface area contributed by atoms with Crippen molar-refractivity contribution in [3.05, 3.63) is 101 Å². The summed E-state index contributed by atoms with van der Waals surface area (Å²) in [6.07, 6.45) is -6.69. The van der Waals surface area contributed by atoms with Crippen molar-refractivity contribution in [3.63, 3.8) is 0 Å². The topological polar surface area (TPSA) is 85.9 Å². The summed E-state index contributed by atoms with van der Waals surface area (Å²) in [6.45, 7) is 0. The number of nitrogens with zero attached hydrogens (tertiary/aromatic N) is 2. The molecule has 1 aliphatic rings. The van der Waals surface area contributed by atoms with E-state index in [1.54, 1.807) is 36.4 Å². The molecule has 194 valence electrons. The van der Waals surface area contributed by atoms with Crippen molar-refractivity contribution in [2.24, 2.45) is 5.14 Å². The zero-order chi connectivity index (χ0) is 27.2. The van der Waals surface area contributed by atoms with Crippen LogP contribution < -0.4 is 5.14 Å². The van der Waals surface area contributed by atoms with Crippen molar-refractivity contribution in [3.8, 4) is 11.3 Å². The number of benzene rings is 2. The number of alkyl halides is 6. The van der Waals surface area contributed by atoms with Crippen molar-refractivity contribution in [1.82, 2.24) is 9.97 Å². The molecule has 2 N–H and O–H groups in total. The SMILES string of the molecule is NS(=O)(=O)C1(c2nc(-c3ccc(C(F)(F)F)c(F)c3)cc(C(F)(F)F)n2)C=CC=C(c2ccccc2)C1. The summed E-state index contributed by atoms with van der Waals surface area (Å²) in [5.41, 5.74) is -3.34. The molecule has 1 aromatic heterocycles. The van der Waals surface area contributed by atoms with Crippen LogP contribution in [0.2, 0.25) is 0 Å². The monoisotopic (exact) mass is 543 g/mol. The van der Waals surface area contributed by atoms with Gasteiger partial charge in [0.15, 0.2) is 10.6 Å². The number of allylic oxidation sites excluding steroid dienone is 3. The summed E-state index contributed by atoms with van der Waals surface area (Å²) >= 11 is 0. The summed E-state index contributed by atoms with van der Waals surface area (Å²) in [6, 6.07) is 10.2. The highest BCUT2D eigenvalue weighted by molar-refractivity contribution is 7.90. The van der Waals surface area contributed by atoms with E-state index in [0.29, 0.717) is 29.3 Å². The number of rotatable bonds is 4. The van der Waals surface area contributed by atoms with Crippen LogP contribution in [0.5, 0.6) is 0 Å². The normalized spacial score (nSPS) is 18.5. The molecule has 2 aromatic carbocycles. The largest absolute Gasteiger partial charge is 0.433 e. The molecular weight excluding hydrogens is 527 g/mol. The molecule has 0 amide bonds. The van der Waals surface area contributed by atoms with E-state index >= 15 is 0 Å². The van der Waals surface area contributed by atoms with Gasteiger partial charge in [-0.15, -0.1) is 0 Å². The van der Waals surface area contributed by atoms with Gasteiger partial charge in [-0.05, 0) is 29.3 Å². The zero-order valence-electron chi connectivity index (χ0n) is 18.5. The fourth-order valence-electron chi connectivity index (χ4n) is 3.88. The number of sulfonamides is 1. The van der Waals surface area contributed by atoms with E-state index in [0.717, 1.165) is 12.1 Å². The Balaban J connectivity index is 1.93. The van der Waals surface area contributed by atoms with Gasteiger partial charge in [0, 0.05) is 12.0 Å². The maximum Gasteiger partial charge on any atom is 0.433 e. The van der Waals surface area contributed by atoms with Gasteiger partial charge in [0.05, 0.1) is 11.3 Å². The van der Waals surface area contributed by atoms with Gasteiger partial charge in [0.2, 0.25) is 10.0 Å². The van der Waals surface area contributed by atoms with Gasteiger partial charge in [0.1, 0.15) is 11.5 Å². The van der Waals surface area contributed by atoms with Gasteiger partial charge in [-0.2, -0.15) is 26.3 Å². The second kappa shape index (κ2) is 9.06. The third-order valence-corrected chi connectivity index (χ3v) is 7.21. The van der Waals surface area contributed by atoms with Crippen molar-refractivity contribution < 1.29 is 39.2 Å². The van der Waals surface area contributed by atoms with E-state index in [1.807, 2.05) is 0 Å². The van der Waals surface area contributed by atoms with Crippen LogP contribution in [0.1, 0.15) is 29.1 Å². The van der Waals surface area contributed by atoms with Gasteiger partial charge in [-0.3, -0.25) is 0 Å². The molecule has 4 rings (SSSR count). The lowest BCUT2D eigenvalue weighted by atomic mass is 9.88. The summed E-state index contributed by atoms with van der Waals surface area (Å²) in [5.74, 6) is -2.61. The molecule has 13 heteroatoms. The van der Waals surface area contributed by atoms with E-state index < -0.39 is 67.7 Å². The average Bonchev–Trinajstić information content (AvgIpc) is 2.82. The first-order valence-corrected chi connectivity index (χ1v) is 12.0. The maximum absolute atomic E-state index is 14.2.